The average Bonchev–Trinajstić information content (AvgIpc) is 2.81. The molecule has 0 fully saturated rings. The molecule has 2 N–H and O–H groups in total. The predicted octanol–water partition coefficient (Wildman–Crippen LogP) is 5.51. The second-order valence-corrected chi connectivity index (χ2v) is 8.73. The molecule has 0 heterocycles. The van der Waals surface area contributed by atoms with Gasteiger partial charge in [0.1, 0.15) is 22.9 Å². The number of phenolic OH excluding ortho intramolecular Hbond substituents is 1. The van der Waals surface area contributed by atoms with Crippen molar-refractivity contribution >= 4 is 27.2 Å². The molecule has 35 heavy (non-hydrogen) atoms. The summed E-state index contributed by atoms with van der Waals surface area (Å²) in [4.78, 5) is 0. The lowest BCUT2D eigenvalue weighted by molar-refractivity contribution is 0.387. The standard InChI is InChI=1S/C25H27N3O6S/c1-5-22(17-6-11-20(29)12-7-17)25(18-8-13-21(14-9-18)34-35(30,31)32)19-10-15-24(33-4)23(16-19)26-27-28(2)3/h6-16,29H,5H2,1-4H3,(H,30,31,32)/b25-22+,27-26?. The Bertz CT molecular complexity index is 1330. The molecule has 0 aliphatic rings. The first-order chi connectivity index (χ1) is 16.6. The average molecular weight is 498 g/mol. The molecule has 0 aliphatic carbocycles. The Labute approximate surface area is 204 Å². The molecular formula is C25H27N3O6S. The predicted molar refractivity (Wildman–Crippen MR) is 134 cm³/mol. The molecular weight excluding hydrogens is 470 g/mol. The molecule has 0 bridgehead atoms. The van der Waals surface area contributed by atoms with Crippen molar-refractivity contribution in [3.05, 3.63) is 83.4 Å². The largest absolute Gasteiger partial charge is 0.508 e. The fourth-order valence-electron chi connectivity index (χ4n) is 3.56. The minimum absolute atomic E-state index is 0.0199. The van der Waals surface area contributed by atoms with Gasteiger partial charge in [-0.25, -0.2) is 0 Å². The third-order valence-electron chi connectivity index (χ3n) is 5.01. The topological polar surface area (TPSA) is 121 Å². The first kappa shape index (κ1) is 25.7. The number of methoxy groups -OCH3 is 1. The molecule has 0 radical (unpaired) electrons. The van der Waals surface area contributed by atoms with Crippen molar-refractivity contribution in [2.45, 2.75) is 13.3 Å². The van der Waals surface area contributed by atoms with E-state index in [9.17, 15) is 13.5 Å². The van der Waals surface area contributed by atoms with E-state index in [1.54, 1.807) is 56.5 Å². The van der Waals surface area contributed by atoms with Crippen molar-refractivity contribution in [2.24, 2.45) is 10.3 Å². The summed E-state index contributed by atoms with van der Waals surface area (Å²) >= 11 is 0. The van der Waals surface area contributed by atoms with Crippen molar-refractivity contribution in [3.63, 3.8) is 0 Å². The molecule has 0 saturated heterocycles. The minimum atomic E-state index is -4.63. The van der Waals surface area contributed by atoms with E-state index in [2.05, 4.69) is 14.5 Å². The lowest BCUT2D eigenvalue weighted by Gasteiger charge is -2.18. The van der Waals surface area contributed by atoms with E-state index >= 15 is 0 Å². The van der Waals surface area contributed by atoms with Crippen LogP contribution in [0.2, 0.25) is 0 Å². The van der Waals surface area contributed by atoms with Crippen molar-refractivity contribution in [1.29, 1.82) is 0 Å². The summed E-state index contributed by atoms with van der Waals surface area (Å²) in [6, 6.07) is 18.8. The van der Waals surface area contributed by atoms with Crippen LogP contribution in [0.1, 0.15) is 30.0 Å². The maximum Gasteiger partial charge on any atom is 0.446 e. The van der Waals surface area contributed by atoms with Gasteiger partial charge in [0.15, 0.2) is 0 Å². The zero-order valence-corrected chi connectivity index (χ0v) is 20.7. The number of benzene rings is 3. The van der Waals surface area contributed by atoms with Crippen molar-refractivity contribution in [3.8, 4) is 17.2 Å². The Kier molecular flexibility index (Phi) is 8.10. The molecule has 0 atom stereocenters. The van der Waals surface area contributed by atoms with E-state index in [4.69, 9.17) is 9.29 Å². The molecule has 0 spiro atoms. The highest BCUT2D eigenvalue weighted by atomic mass is 32.3. The molecule has 0 amide bonds. The van der Waals surface area contributed by atoms with Crippen LogP contribution in [0.3, 0.4) is 0 Å². The van der Waals surface area contributed by atoms with Gasteiger partial charge in [-0.15, -0.1) is 5.11 Å². The summed E-state index contributed by atoms with van der Waals surface area (Å²) in [5.74, 6) is 0.695. The van der Waals surface area contributed by atoms with Crippen LogP contribution in [0, 0.1) is 0 Å². The van der Waals surface area contributed by atoms with Gasteiger partial charge in [0.2, 0.25) is 0 Å². The fourth-order valence-corrected chi connectivity index (χ4v) is 3.92. The van der Waals surface area contributed by atoms with Gasteiger partial charge in [-0.3, -0.25) is 9.56 Å². The molecule has 3 aromatic rings. The van der Waals surface area contributed by atoms with Crippen LogP contribution in [0.25, 0.3) is 11.1 Å². The van der Waals surface area contributed by atoms with Crippen LogP contribution >= 0.6 is 0 Å². The highest BCUT2D eigenvalue weighted by Gasteiger charge is 2.16. The maximum atomic E-state index is 11.1. The van der Waals surface area contributed by atoms with Crippen LogP contribution in [-0.2, 0) is 10.4 Å². The van der Waals surface area contributed by atoms with E-state index in [1.165, 1.54) is 12.1 Å². The fraction of sp³-hybridized carbons (Fsp3) is 0.200. The van der Waals surface area contributed by atoms with Gasteiger partial charge in [0.05, 0.1) is 7.11 Å². The highest BCUT2D eigenvalue weighted by Crippen LogP contribution is 2.39. The summed E-state index contributed by atoms with van der Waals surface area (Å²) < 4.78 is 41.2. The second-order valence-electron chi connectivity index (χ2n) is 7.71. The van der Waals surface area contributed by atoms with Gasteiger partial charge >= 0.3 is 10.4 Å². The first-order valence-electron chi connectivity index (χ1n) is 10.7. The number of phenols is 1. The number of hydrogen-bond acceptors (Lipinski definition) is 7. The number of aromatic hydroxyl groups is 1. The zero-order valence-electron chi connectivity index (χ0n) is 19.8. The number of hydrogen-bond donors (Lipinski definition) is 2. The van der Waals surface area contributed by atoms with E-state index in [-0.39, 0.29) is 11.5 Å². The van der Waals surface area contributed by atoms with Gasteiger partial charge in [0.25, 0.3) is 0 Å². The number of nitrogens with zero attached hydrogens (tertiary/aromatic N) is 3. The molecule has 3 aromatic carbocycles. The molecule has 3 rings (SSSR count). The molecule has 0 aliphatic heterocycles. The summed E-state index contributed by atoms with van der Waals surface area (Å²) in [6.45, 7) is 2.02. The third-order valence-corrected chi connectivity index (χ3v) is 5.42. The molecule has 0 aromatic heterocycles. The van der Waals surface area contributed by atoms with Gasteiger partial charge in [-0.2, -0.15) is 8.42 Å². The Balaban J connectivity index is 2.24. The first-order valence-corrected chi connectivity index (χ1v) is 12.0. The van der Waals surface area contributed by atoms with Gasteiger partial charge in [0, 0.05) is 14.1 Å². The Morgan fingerprint density at radius 3 is 2.09 bits per heavy atom. The van der Waals surface area contributed by atoms with E-state index in [0.29, 0.717) is 17.9 Å². The molecule has 0 unspecified atom stereocenters. The van der Waals surface area contributed by atoms with Crippen molar-refractivity contribution in [2.75, 3.05) is 21.2 Å². The minimum Gasteiger partial charge on any atom is -0.508 e. The summed E-state index contributed by atoms with van der Waals surface area (Å²) in [6.07, 6.45) is 0.657. The van der Waals surface area contributed by atoms with Gasteiger partial charge in [-0.05, 0) is 70.7 Å². The molecule has 9 nitrogen and oxygen atoms in total. The van der Waals surface area contributed by atoms with E-state index < -0.39 is 10.4 Å². The quantitative estimate of drug-likeness (QED) is 0.173. The normalized spacial score (nSPS) is 12.4. The highest BCUT2D eigenvalue weighted by molar-refractivity contribution is 7.81. The van der Waals surface area contributed by atoms with Crippen LogP contribution in [-0.4, -0.2) is 44.3 Å². The molecule has 184 valence electrons. The van der Waals surface area contributed by atoms with Crippen LogP contribution in [0.15, 0.2) is 77.1 Å². The third kappa shape index (κ3) is 6.81. The number of rotatable bonds is 9. The summed E-state index contributed by atoms with van der Waals surface area (Å²) in [7, 11) is 0.455. The molecule has 10 heteroatoms. The molecule has 0 saturated carbocycles. The van der Waals surface area contributed by atoms with Crippen LogP contribution in [0.4, 0.5) is 5.69 Å². The monoisotopic (exact) mass is 497 g/mol. The number of ether oxygens (including phenoxy) is 1. The van der Waals surface area contributed by atoms with Crippen molar-refractivity contribution < 1.29 is 27.0 Å². The number of allylic oxidation sites excluding steroid dienone is 1. The van der Waals surface area contributed by atoms with E-state index in [1.807, 2.05) is 31.2 Å². The maximum absolute atomic E-state index is 11.1. The Morgan fingerprint density at radius 1 is 0.943 bits per heavy atom. The smallest absolute Gasteiger partial charge is 0.446 e. The SMILES string of the molecule is CC/C(=C(/c1ccc(OS(=O)(=O)O)cc1)c1ccc(OC)c(N=NN(C)C)c1)c1ccc(O)cc1. The second kappa shape index (κ2) is 11.0. The lowest BCUT2D eigenvalue weighted by atomic mass is 9.88. The Morgan fingerprint density at radius 2 is 1.54 bits per heavy atom. The summed E-state index contributed by atoms with van der Waals surface area (Å²) in [5, 5.41) is 19.7. The van der Waals surface area contributed by atoms with Crippen molar-refractivity contribution in [1.82, 2.24) is 5.01 Å². The van der Waals surface area contributed by atoms with Gasteiger partial charge < -0.3 is 14.0 Å². The Hall–Kier alpha value is -3.89. The van der Waals surface area contributed by atoms with E-state index in [0.717, 1.165) is 27.8 Å². The van der Waals surface area contributed by atoms with Gasteiger partial charge in [-0.1, -0.05) is 42.5 Å². The van der Waals surface area contributed by atoms with Crippen LogP contribution in [0.5, 0.6) is 17.2 Å². The van der Waals surface area contributed by atoms with Crippen LogP contribution < -0.4 is 8.92 Å². The zero-order chi connectivity index (χ0) is 25.6. The lowest BCUT2D eigenvalue weighted by Crippen LogP contribution is -2.06. The summed E-state index contributed by atoms with van der Waals surface area (Å²) in [5.41, 5.74) is 4.88.